The minimum absolute atomic E-state index is 0.848. The molecule has 14 heavy (non-hydrogen) atoms. The highest BCUT2D eigenvalue weighted by atomic mass is 16.5. The number of ether oxygens (including phenoxy) is 1. The molecule has 3 nitrogen and oxygen atoms in total. The average molecular weight is 186 g/mol. The van der Waals surface area contributed by atoms with Crippen molar-refractivity contribution >= 4 is 0 Å². The molecule has 1 aromatic carbocycles. The van der Waals surface area contributed by atoms with E-state index in [4.69, 9.17) is 4.74 Å². The minimum Gasteiger partial charge on any atom is -0.496 e. The fraction of sp³-hybridized carbons (Fsp3) is 0.0909. The number of aromatic nitrogens is 2. The fourth-order valence-corrected chi connectivity index (χ4v) is 1.33. The Hall–Kier alpha value is -1.90. The van der Waals surface area contributed by atoms with Crippen molar-refractivity contribution in [1.82, 2.24) is 10.2 Å². The average Bonchev–Trinajstić information content (AvgIpc) is 2.30. The van der Waals surface area contributed by atoms with Gasteiger partial charge in [-0.1, -0.05) is 18.2 Å². The van der Waals surface area contributed by atoms with Gasteiger partial charge < -0.3 is 4.74 Å². The molecule has 0 amide bonds. The maximum absolute atomic E-state index is 5.25. The Labute approximate surface area is 82.4 Å². The maximum Gasteiger partial charge on any atom is 0.126 e. The highest BCUT2D eigenvalue weighted by molar-refractivity contribution is 5.69. The van der Waals surface area contributed by atoms with E-state index in [1.807, 2.05) is 30.3 Å². The first kappa shape index (κ1) is 8.69. The van der Waals surface area contributed by atoms with Crippen LogP contribution in [-0.2, 0) is 0 Å². The van der Waals surface area contributed by atoms with Crippen LogP contribution in [0.15, 0.2) is 42.7 Å². The lowest BCUT2D eigenvalue weighted by molar-refractivity contribution is 0.416. The number of hydrogen-bond acceptors (Lipinski definition) is 3. The highest BCUT2D eigenvalue weighted by Gasteiger charge is 2.03. The van der Waals surface area contributed by atoms with Gasteiger partial charge in [-0.05, 0) is 12.1 Å². The van der Waals surface area contributed by atoms with Crippen LogP contribution in [0, 0.1) is 0 Å². The summed E-state index contributed by atoms with van der Waals surface area (Å²) < 4.78 is 5.25. The quantitative estimate of drug-likeness (QED) is 0.720. The molecule has 0 aliphatic carbocycles. The van der Waals surface area contributed by atoms with E-state index in [1.54, 1.807) is 19.5 Å². The summed E-state index contributed by atoms with van der Waals surface area (Å²) in [4.78, 5) is 0. The first-order valence-electron chi connectivity index (χ1n) is 4.32. The van der Waals surface area contributed by atoms with Gasteiger partial charge in [0.1, 0.15) is 5.75 Å². The van der Waals surface area contributed by atoms with Crippen LogP contribution < -0.4 is 4.74 Å². The summed E-state index contributed by atoms with van der Waals surface area (Å²) in [6.45, 7) is 0. The number of nitrogens with zero attached hydrogens (tertiary/aromatic N) is 2. The van der Waals surface area contributed by atoms with Gasteiger partial charge in [-0.2, -0.15) is 10.2 Å². The van der Waals surface area contributed by atoms with E-state index in [2.05, 4.69) is 10.2 Å². The second kappa shape index (κ2) is 3.87. The molecule has 0 saturated carbocycles. The predicted octanol–water partition coefficient (Wildman–Crippen LogP) is 2.15. The zero-order valence-corrected chi connectivity index (χ0v) is 7.84. The van der Waals surface area contributed by atoms with Crippen molar-refractivity contribution in [3.05, 3.63) is 42.7 Å². The molecular weight excluding hydrogens is 176 g/mol. The van der Waals surface area contributed by atoms with Crippen LogP contribution in [0.3, 0.4) is 0 Å². The first-order chi connectivity index (χ1) is 6.92. The lowest BCUT2D eigenvalue weighted by Crippen LogP contribution is -1.88. The Morgan fingerprint density at radius 3 is 2.64 bits per heavy atom. The van der Waals surface area contributed by atoms with E-state index in [9.17, 15) is 0 Å². The van der Waals surface area contributed by atoms with Crippen molar-refractivity contribution < 1.29 is 4.74 Å². The standard InChI is InChI=1S/C11H10N2O/c1-14-11-5-3-2-4-10(11)9-6-7-12-13-8-9/h2-8H,1H3. The van der Waals surface area contributed by atoms with Gasteiger partial charge in [-0.25, -0.2) is 0 Å². The molecule has 0 saturated heterocycles. The molecule has 0 bridgehead atoms. The molecular formula is C11H10N2O. The van der Waals surface area contributed by atoms with E-state index < -0.39 is 0 Å². The smallest absolute Gasteiger partial charge is 0.126 e. The van der Waals surface area contributed by atoms with Gasteiger partial charge >= 0.3 is 0 Å². The van der Waals surface area contributed by atoms with Gasteiger partial charge in [-0.3, -0.25) is 0 Å². The van der Waals surface area contributed by atoms with Gasteiger partial charge in [0.05, 0.1) is 19.5 Å². The summed E-state index contributed by atoms with van der Waals surface area (Å²) >= 11 is 0. The summed E-state index contributed by atoms with van der Waals surface area (Å²) in [7, 11) is 1.66. The zero-order chi connectivity index (χ0) is 9.80. The van der Waals surface area contributed by atoms with Crippen LogP contribution in [-0.4, -0.2) is 17.3 Å². The monoisotopic (exact) mass is 186 g/mol. The van der Waals surface area contributed by atoms with Crippen molar-refractivity contribution in [1.29, 1.82) is 0 Å². The SMILES string of the molecule is COc1ccccc1-c1ccnnc1. The van der Waals surface area contributed by atoms with Crippen LogP contribution in [0.25, 0.3) is 11.1 Å². The van der Waals surface area contributed by atoms with Crippen LogP contribution >= 0.6 is 0 Å². The lowest BCUT2D eigenvalue weighted by atomic mass is 10.1. The number of methoxy groups -OCH3 is 1. The molecule has 0 aliphatic rings. The second-order valence-electron chi connectivity index (χ2n) is 2.83. The van der Waals surface area contributed by atoms with Crippen molar-refractivity contribution in [2.45, 2.75) is 0 Å². The normalized spacial score (nSPS) is 9.79. The molecule has 3 heteroatoms. The molecule has 0 atom stereocenters. The van der Waals surface area contributed by atoms with Crippen molar-refractivity contribution in [2.75, 3.05) is 7.11 Å². The Bertz CT molecular complexity index is 415. The van der Waals surface area contributed by atoms with E-state index in [-0.39, 0.29) is 0 Å². The van der Waals surface area contributed by atoms with E-state index >= 15 is 0 Å². The zero-order valence-electron chi connectivity index (χ0n) is 7.84. The van der Waals surface area contributed by atoms with E-state index in [1.165, 1.54) is 0 Å². The Morgan fingerprint density at radius 2 is 1.93 bits per heavy atom. The van der Waals surface area contributed by atoms with Crippen molar-refractivity contribution in [3.8, 4) is 16.9 Å². The molecule has 0 fully saturated rings. The summed E-state index contributed by atoms with van der Waals surface area (Å²) in [5, 5.41) is 7.57. The molecule has 0 radical (unpaired) electrons. The number of para-hydroxylation sites is 1. The lowest BCUT2D eigenvalue weighted by Gasteiger charge is -2.06. The fourth-order valence-electron chi connectivity index (χ4n) is 1.33. The van der Waals surface area contributed by atoms with Gasteiger partial charge in [0, 0.05) is 11.1 Å². The summed E-state index contributed by atoms with van der Waals surface area (Å²) in [6.07, 6.45) is 3.39. The van der Waals surface area contributed by atoms with Crippen LogP contribution in [0.2, 0.25) is 0 Å². The van der Waals surface area contributed by atoms with E-state index in [0.29, 0.717) is 0 Å². The van der Waals surface area contributed by atoms with Crippen molar-refractivity contribution in [2.24, 2.45) is 0 Å². The number of benzene rings is 1. The van der Waals surface area contributed by atoms with Gasteiger partial charge in [0.25, 0.3) is 0 Å². The highest BCUT2D eigenvalue weighted by Crippen LogP contribution is 2.28. The maximum atomic E-state index is 5.25. The van der Waals surface area contributed by atoms with Crippen LogP contribution in [0.5, 0.6) is 5.75 Å². The summed E-state index contributed by atoms with van der Waals surface area (Å²) in [6, 6.07) is 9.74. The predicted molar refractivity (Wildman–Crippen MR) is 54.0 cm³/mol. The Kier molecular flexibility index (Phi) is 2.40. The summed E-state index contributed by atoms with van der Waals surface area (Å²) in [5.41, 5.74) is 2.04. The molecule has 2 aromatic rings. The molecule has 0 spiro atoms. The van der Waals surface area contributed by atoms with E-state index in [0.717, 1.165) is 16.9 Å². The molecule has 70 valence electrons. The Morgan fingerprint density at radius 1 is 1.07 bits per heavy atom. The van der Waals surface area contributed by atoms with Crippen LogP contribution in [0.1, 0.15) is 0 Å². The van der Waals surface area contributed by atoms with Gasteiger partial charge in [0.2, 0.25) is 0 Å². The molecule has 0 aliphatic heterocycles. The third kappa shape index (κ3) is 1.57. The van der Waals surface area contributed by atoms with Gasteiger partial charge in [0.15, 0.2) is 0 Å². The molecule has 2 rings (SSSR count). The molecule has 0 N–H and O–H groups in total. The number of rotatable bonds is 2. The molecule has 1 heterocycles. The first-order valence-corrected chi connectivity index (χ1v) is 4.32. The third-order valence-corrected chi connectivity index (χ3v) is 2.00. The van der Waals surface area contributed by atoms with Crippen molar-refractivity contribution in [3.63, 3.8) is 0 Å². The Balaban J connectivity index is 2.51. The van der Waals surface area contributed by atoms with Crippen LogP contribution in [0.4, 0.5) is 0 Å². The second-order valence-corrected chi connectivity index (χ2v) is 2.83. The summed E-state index contributed by atoms with van der Waals surface area (Å²) in [5.74, 6) is 0.848. The van der Waals surface area contributed by atoms with Gasteiger partial charge in [-0.15, -0.1) is 0 Å². The largest absolute Gasteiger partial charge is 0.496 e. The minimum atomic E-state index is 0.848. The molecule has 0 unspecified atom stereocenters. The molecule has 1 aromatic heterocycles. The topological polar surface area (TPSA) is 35.0 Å². The number of hydrogen-bond donors (Lipinski definition) is 0. The third-order valence-electron chi connectivity index (χ3n) is 2.00.